The molecule has 1 atom stereocenters. The molecular weight excluding hydrogens is 544 g/mol. The number of rotatable bonds is 4. The number of sulfonamides is 1. The van der Waals surface area contributed by atoms with Crippen LogP contribution in [0.2, 0.25) is 0 Å². The van der Waals surface area contributed by atoms with E-state index in [1.807, 2.05) is 12.4 Å². The van der Waals surface area contributed by atoms with Crippen molar-refractivity contribution in [3.05, 3.63) is 53.3 Å². The second-order valence-corrected chi connectivity index (χ2v) is 12.8. The first-order valence-electron chi connectivity index (χ1n) is 13.9. The number of aromatic amines is 1. The third-order valence-electron chi connectivity index (χ3n) is 8.25. The van der Waals surface area contributed by atoms with Crippen molar-refractivity contribution < 1.29 is 22.7 Å². The van der Waals surface area contributed by atoms with E-state index in [1.165, 1.54) is 4.31 Å². The number of hydrogen-bond donors (Lipinski definition) is 1. The highest BCUT2D eigenvalue weighted by Gasteiger charge is 2.40. The van der Waals surface area contributed by atoms with E-state index in [0.29, 0.717) is 42.8 Å². The number of piperazine rings is 1. The average molecular weight is 579 g/mol. The number of amides is 2. The lowest BCUT2D eigenvalue weighted by Crippen LogP contribution is -2.58. The number of morpholine rings is 1. The van der Waals surface area contributed by atoms with E-state index in [9.17, 15) is 18.0 Å². The third-order valence-corrected chi connectivity index (χ3v) is 10.1. The van der Waals surface area contributed by atoms with Crippen molar-refractivity contribution >= 4 is 32.9 Å². The molecule has 3 aromatic rings. The van der Waals surface area contributed by atoms with Crippen molar-refractivity contribution in [2.45, 2.75) is 30.5 Å². The minimum absolute atomic E-state index is 0.0303. The maximum Gasteiger partial charge on any atom is 0.328 e. The van der Waals surface area contributed by atoms with Crippen molar-refractivity contribution in [2.75, 3.05) is 59.5 Å². The normalized spacial score (nSPS) is 20.6. The molecule has 0 radical (unpaired) electrons. The number of ether oxygens (including phenoxy) is 1. The minimum Gasteiger partial charge on any atom is -0.378 e. The Bertz CT molecular complexity index is 1630. The highest BCUT2D eigenvalue weighted by Crippen LogP contribution is 2.28. The molecule has 0 aliphatic carbocycles. The molecule has 0 bridgehead atoms. The molecule has 0 saturated carbocycles. The Labute approximate surface area is 239 Å². The van der Waals surface area contributed by atoms with Gasteiger partial charge in [-0.15, -0.1) is 6.42 Å². The monoisotopic (exact) mass is 578 g/mol. The molecular formula is C29H34N6O5S. The topological polar surface area (TPSA) is 111 Å². The van der Waals surface area contributed by atoms with Crippen molar-refractivity contribution in [1.82, 2.24) is 28.6 Å². The van der Waals surface area contributed by atoms with Crippen molar-refractivity contribution in [3.63, 3.8) is 0 Å². The fourth-order valence-electron chi connectivity index (χ4n) is 5.96. The molecule has 1 unspecified atom stereocenters. The third kappa shape index (κ3) is 5.38. The van der Waals surface area contributed by atoms with E-state index < -0.39 is 16.1 Å². The highest BCUT2D eigenvalue weighted by atomic mass is 32.2. The zero-order valence-corrected chi connectivity index (χ0v) is 23.9. The van der Waals surface area contributed by atoms with E-state index in [0.717, 1.165) is 30.6 Å². The fraction of sp³-hybridized carbons (Fsp3) is 0.448. The number of fused-ring (bicyclic) bond motifs is 2. The molecule has 2 amide bonds. The molecule has 2 fully saturated rings. The summed E-state index contributed by atoms with van der Waals surface area (Å²) in [6.07, 6.45) is 10.1. The lowest BCUT2D eigenvalue weighted by atomic mass is 10.1. The van der Waals surface area contributed by atoms with Crippen LogP contribution in [0.4, 0.5) is 4.79 Å². The summed E-state index contributed by atoms with van der Waals surface area (Å²) in [6, 6.07) is 5.90. The quantitative estimate of drug-likeness (QED) is 0.471. The van der Waals surface area contributed by atoms with Crippen molar-refractivity contribution in [2.24, 2.45) is 0 Å². The molecule has 11 nitrogen and oxygen atoms in total. The Morgan fingerprint density at radius 1 is 1.05 bits per heavy atom. The molecule has 3 aliphatic heterocycles. The molecule has 12 heteroatoms. The zero-order chi connectivity index (χ0) is 28.7. The van der Waals surface area contributed by atoms with Crippen molar-refractivity contribution in [3.8, 4) is 12.3 Å². The average Bonchev–Trinajstić information content (AvgIpc) is 3.61. The number of carbonyl (C=O) groups excluding carboxylic acids is 2. The number of H-pyrrole nitrogens is 1. The van der Waals surface area contributed by atoms with Gasteiger partial charge in [-0.05, 0) is 48.9 Å². The summed E-state index contributed by atoms with van der Waals surface area (Å²) in [4.78, 5) is 35.5. The van der Waals surface area contributed by atoms with Gasteiger partial charge in [0.1, 0.15) is 5.03 Å². The molecule has 41 heavy (non-hydrogen) atoms. The van der Waals surface area contributed by atoms with Crippen LogP contribution in [-0.4, -0.2) is 114 Å². The van der Waals surface area contributed by atoms with Gasteiger partial charge < -0.3 is 24.4 Å². The van der Waals surface area contributed by atoms with Crippen LogP contribution < -0.4 is 0 Å². The van der Waals surface area contributed by atoms with Gasteiger partial charge in [0, 0.05) is 81.1 Å². The molecule has 6 rings (SSSR count). The standard InChI is InChI=1S/C29H34N6O5S/c1-3-21-4-5-26-23(14-21)15-27(30-26)41(38,39)35-9-8-33(20-25(35)16-28(36)32-10-12-40-13-11-32)29(37)34-18-22-6-7-31(2)17-24(22)19-34/h1,4-5,14-15,18-19,25,30H,6-13,16-17,20H2,2H3. The lowest BCUT2D eigenvalue weighted by Gasteiger charge is -2.40. The molecule has 3 aliphatic rings. The van der Waals surface area contributed by atoms with Gasteiger partial charge in [-0.3, -0.25) is 9.36 Å². The summed E-state index contributed by atoms with van der Waals surface area (Å²) >= 11 is 0. The Hall–Kier alpha value is -3.63. The number of nitrogens with one attached hydrogen (secondary N) is 1. The molecule has 2 saturated heterocycles. The maximum absolute atomic E-state index is 14.0. The molecule has 0 spiro atoms. The second-order valence-electron chi connectivity index (χ2n) is 11.0. The zero-order valence-electron chi connectivity index (χ0n) is 23.1. The SMILES string of the molecule is C#Cc1ccc2[nH]c(S(=O)(=O)N3CCN(C(=O)n4cc5c(c4)CN(C)CC5)CC3CC(=O)N3CCOCC3)cc2c1. The van der Waals surface area contributed by atoms with Gasteiger partial charge in [0.05, 0.1) is 19.3 Å². The molecule has 1 N–H and O–H groups in total. The Morgan fingerprint density at radius 2 is 1.83 bits per heavy atom. The summed E-state index contributed by atoms with van der Waals surface area (Å²) in [5, 5.41) is 0.725. The molecule has 2 aromatic heterocycles. The van der Waals surface area contributed by atoms with Crippen LogP contribution in [0.3, 0.4) is 0 Å². The van der Waals surface area contributed by atoms with Crippen LogP contribution >= 0.6 is 0 Å². The second kappa shape index (κ2) is 11.0. The number of terminal acetylenes is 1. The molecule has 1 aromatic carbocycles. The van der Waals surface area contributed by atoms with E-state index in [-0.39, 0.29) is 43.0 Å². The van der Waals surface area contributed by atoms with Gasteiger partial charge in [0.25, 0.3) is 10.0 Å². The van der Waals surface area contributed by atoms with Gasteiger partial charge in [0.15, 0.2) is 0 Å². The Morgan fingerprint density at radius 3 is 2.61 bits per heavy atom. The van der Waals surface area contributed by atoms with E-state index in [2.05, 4.69) is 22.9 Å². The summed E-state index contributed by atoms with van der Waals surface area (Å²) < 4.78 is 36.3. The van der Waals surface area contributed by atoms with Crippen LogP contribution in [0, 0.1) is 12.3 Å². The molecule has 216 valence electrons. The Balaban J connectivity index is 1.27. The van der Waals surface area contributed by atoms with E-state index >= 15 is 0 Å². The predicted octanol–water partition coefficient (Wildman–Crippen LogP) is 1.53. The highest BCUT2D eigenvalue weighted by molar-refractivity contribution is 7.89. The van der Waals surface area contributed by atoms with Crippen LogP contribution in [0.5, 0.6) is 0 Å². The number of nitrogens with zero attached hydrogens (tertiary/aromatic N) is 5. The summed E-state index contributed by atoms with van der Waals surface area (Å²) in [6.45, 7) is 3.94. The van der Waals surface area contributed by atoms with Gasteiger partial charge in [-0.25, -0.2) is 13.2 Å². The number of hydrogen-bond acceptors (Lipinski definition) is 6. The number of aromatic nitrogens is 2. The largest absolute Gasteiger partial charge is 0.378 e. The van der Waals surface area contributed by atoms with Crippen LogP contribution in [0.1, 0.15) is 23.1 Å². The lowest BCUT2D eigenvalue weighted by molar-refractivity contribution is -0.136. The first-order valence-corrected chi connectivity index (χ1v) is 15.3. The predicted molar refractivity (Wildman–Crippen MR) is 153 cm³/mol. The van der Waals surface area contributed by atoms with Crippen molar-refractivity contribution in [1.29, 1.82) is 0 Å². The summed E-state index contributed by atoms with van der Waals surface area (Å²) in [7, 11) is -1.96. The summed E-state index contributed by atoms with van der Waals surface area (Å²) in [5.41, 5.74) is 3.59. The van der Waals surface area contributed by atoms with Crippen LogP contribution in [0.15, 0.2) is 41.7 Å². The van der Waals surface area contributed by atoms with Gasteiger partial charge in [-0.1, -0.05) is 5.92 Å². The number of carbonyl (C=O) groups is 2. The first-order chi connectivity index (χ1) is 19.7. The number of benzene rings is 1. The maximum atomic E-state index is 14.0. The van der Waals surface area contributed by atoms with Gasteiger partial charge in [0.2, 0.25) is 5.91 Å². The summed E-state index contributed by atoms with van der Waals surface area (Å²) in [5.74, 6) is 2.42. The fourth-order valence-corrected chi connectivity index (χ4v) is 7.58. The van der Waals surface area contributed by atoms with E-state index in [1.54, 1.807) is 38.6 Å². The van der Waals surface area contributed by atoms with Crippen LogP contribution in [0.25, 0.3) is 10.9 Å². The Kier molecular flexibility index (Phi) is 7.37. The van der Waals surface area contributed by atoms with Gasteiger partial charge >= 0.3 is 6.03 Å². The van der Waals surface area contributed by atoms with Crippen LogP contribution in [-0.2, 0) is 32.5 Å². The molecule has 5 heterocycles. The van der Waals surface area contributed by atoms with Gasteiger partial charge in [-0.2, -0.15) is 4.31 Å². The number of likely N-dealkylation sites (N-methyl/N-ethyl adjacent to an activating group) is 1. The minimum atomic E-state index is -4.01. The smallest absolute Gasteiger partial charge is 0.328 e. The van der Waals surface area contributed by atoms with E-state index in [4.69, 9.17) is 11.2 Å². The first kappa shape index (κ1) is 27.5.